The molecule has 0 fully saturated rings. The fourth-order valence-corrected chi connectivity index (χ4v) is 2.44. The Morgan fingerprint density at radius 2 is 2.40 bits per heavy atom. The van der Waals surface area contributed by atoms with E-state index in [2.05, 4.69) is 20.1 Å². The summed E-state index contributed by atoms with van der Waals surface area (Å²) in [5.41, 5.74) is 5.46. The number of nitrogens with zero attached hydrogens (tertiary/aromatic N) is 3. The Hall–Kier alpha value is -2.15. The molecule has 20 heavy (non-hydrogen) atoms. The first-order valence-corrected chi connectivity index (χ1v) is 6.70. The van der Waals surface area contributed by atoms with Crippen LogP contribution in [-0.4, -0.2) is 20.7 Å². The van der Waals surface area contributed by atoms with Crippen molar-refractivity contribution in [3.63, 3.8) is 0 Å². The van der Waals surface area contributed by atoms with E-state index in [1.807, 2.05) is 6.92 Å². The Balaban J connectivity index is 1.72. The molecule has 7 heteroatoms. The number of fused-ring (bicyclic) bond motifs is 1. The number of nitrogens with two attached hydrogens (primary N) is 1. The number of furan rings is 1. The Bertz CT molecular complexity index is 630. The first kappa shape index (κ1) is 12.9. The molecule has 3 rings (SSSR count). The molecule has 0 saturated heterocycles. The summed E-state index contributed by atoms with van der Waals surface area (Å²) in [6.07, 6.45) is 2.03. The number of carbonyl (C=O) groups is 1. The molecule has 2 aromatic heterocycles. The van der Waals surface area contributed by atoms with Crippen LogP contribution in [0.2, 0.25) is 0 Å². The standard InChI is InChI=1S/C13H17N5O2/c1-8(12-17-16-11-3-2-6-18(11)12)15-13(19)10-5-4-9(7-14)20-10/h4-5,8H,2-3,6-7,14H2,1H3,(H,15,19). The van der Waals surface area contributed by atoms with E-state index in [1.54, 1.807) is 12.1 Å². The second-order valence-electron chi connectivity index (χ2n) is 4.89. The van der Waals surface area contributed by atoms with Crippen molar-refractivity contribution in [2.45, 2.75) is 38.9 Å². The summed E-state index contributed by atoms with van der Waals surface area (Å²) < 4.78 is 7.39. The Morgan fingerprint density at radius 1 is 1.55 bits per heavy atom. The highest BCUT2D eigenvalue weighted by Crippen LogP contribution is 2.19. The van der Waals surface area contributed by atoms with Crippen LogP contribution in [0.3, 0.4) is 0 Å². The lowest BCUT2D eigenvalue weighted by Gasteiger charge is -2.12. The highest BCUT2D eigenvalue weighted by Gasteiger charge is 2.23. The smallest absolute Gasteiger partial charge is 0.287 e. The highest BCUT2D eigenvalue weighted by molar-refractivity contribution is 5.91. The Kier molecular flexibility index (Phi) is 3.27. The number of hydrogen-bond acceptors (Lipinski definition) is 5. The second kappa shape index (κ2) is 5.09. The molecule has 1 aliphatic rings. The lowest BCUT2D eigenvalue weighted by molar-refractivity contribution is 0.0908. The number of hydrogen-bond donors (Lipinski definition) is 2. The maximum Gasteiger partial charge on any atom is 0.287 e. The summed E-state index contributed by atoms with van der Waals surface area (Å²) in [5, 5.41) is 11.2. The maximum absolute atomic E-state index is 12.1. The average molecular weight is 275 g/mol. The van der Waals surface area contributed by atoms with Gasteiger partial charge in [0.1, 0.15) is 11.6 Å². The summed E-state index contributed by atoms with van der Waals surface area (Å²) in [6, 6.07) is 3.11. The summed E-state index contributed by atoms with van der Waals surface area (Å²) in [6.45, 7) is 3.08. The topological polar surface area (TPSA) is 99.0 Å². The fraction of sp³-hybridized carbons (Fsp3) is 0.462. The number of rotatable bonds is 4. The van der Waals surface area contributed by atoms with Gasteiger partial charge in [0, 0.05) is 13.0 Å². The molecule has 0 aliphatic carbocycles. The lowest BCUT2D eigenvalue weighted by atomic mass is 10.3. The third-order valence-corrected chi connectivity index (χ3v) is 3.46. The first-order chi connectivity index (χ1) is 9.69. The van der Waals surface area contributed by atoms with Gasteiger partial charge in [-0.25, -0.2) is 0 Å². The van der Waals surface area contributed by atoms with Gasteiger partial charge in [-0.05, 0) is 25.5 Å². The molecule has 0 bridgehead atoms. The van der Waals surface area contributed by atoms with Gasteiger partial charge >= 0.3 is 0 Å². The van der Waals surface area contributed by atoms with Crippen molar-refractivity contribution in [3.8, 4) is 0 Å². The van der Waals surface area contributed by atoms with Gasteiger partial charge in [-0.15, -0.1) is 10.2 Å². The van der Waals surface area contributed by atoms with E-state index in [1.165, 1.54) is 0 Å². The molecular formula is C13H17N5O2. The van der Waals surface area contributed by atoms with Crippen LogP contribution >= 0.6 is 0 Å². The van der Waals surface area contributed by atoms with Gasteiger partial charge in [0.05, 0.1) is 12.6 Å². The van der Waals surface area contributed by atoms with E-state index in [4.69, 9.17) is 10.2 Å². The molecule has 3 heterocycles. The molecule has 0 aromatic carbocycles. The van der Waals surface area contributed by atoms with Crippen LogP contribution in [0.15, 0.2) is 16.5 Å². The number of aryl methyl sites for hydroxylation is 1. The van der Waals surface area contributed by atoms with E-state index in [9.17, 15) is 4.79 Å². The molecule has 1 amide bonds. The van der Waals surface area contributed by atoms with Crippen LogP contribution in [0.5, 0.6) is 0 Å². The molecule has 3 N–H and O–H groups in total. The Morgan fingerprint density at radius 3 is 3.15 bits per heavy atom. The third-order valence-electron chi connectivity index (χ3n) is 3.46. The SMILES string of the molecule is CC(NC(=O)c1ccc(CN)o1)c1nnc2n1CCC2. The summed E-state index contributed by atoms with van der Waals surface area (Å²) in [7, 11) is 0. The second-order valence-corrected chi connectivity index (χ2v) is 4.89. The molecule has 0 spiro atoms. The molecule has 1 atom stereocenters. The molecule has 7 nitrogen and oxygen atoms in total. The van der Waals surface area contributed by atoms with Gasteiger partial charge < -0.3 is 20.0 Å². The van der Waals surface area contributed by atoms with Crippen molar-refractivity contribution in [1.29, 1.82) is 0 Å². The van der Waals surface area contributed by atoms with Crippen LogP contribution in [0.1, 0.15) is 47.4 Å². The zero-order valence-electron chi connectivity index (χ0n) is 11.3. The van der Waals surface area contributed by atoms with Gasteiger partial charge in [0.2, 0.25) is 0 Å². The number of carbonyl (C=O) groups excluding carboxylic acids is 1. The highest BCUT2D eigenvalue weighted by atomic mass is 16.4. The van der Waals surface area contributed by atoms with E-state index in [0.717, 1.165) is 31.0 Å². The van der Waals surface area contributed by atoms with Crippen molar-refractivity contribution in [2.75, 3.05) is 0 Å². The molecular weight excluding hydrogens is 258 g/mol. The number of amides is 1. The van der Waals surface area contributed by atoms with Gasteiger partial charge in [0.25, 0.3) is 5.91 Å². The van der Waals surface area contributed by atoms with E-state index in [-0.39, 0.29) is 24.3 Å². The molecule has 106 valence electrons. The lowest BCUT2D eigenvalue weighted by Crippen LogP contribution is -2.28. The molecule has 1 unspecified atom stereocenters. The quantitative estimate of drug-likeness (QED) is 0.858. The van der Waals surface area contributed by atoms with Crippen LogP contribution in [0, 0.1) is 0 Å². The van der Waals surface area contributed by atoms with Crippen LogP contribution in [-0.2, 0) is 19.5 Å². The van der Waals surface area contributed by atoms with Crippen LogP contribution < -0.4 is 11.1 Å². The Labute approximate surface area is 116 Å². The zero-order valence-corrected chi connectivity index (χ0v) is 11.3. The van der Waals surface area contributed by atoms with Crippen molar-refractivity contribution < 1.29 is 9.21 Å². The van der Waals surface area contributed by atoms with Crippen molar-refractivity contribution in [1.82, 2.24) is 20.1 Å². The van der Waals surface area contributed by atoms with E-state index in [0.29, 0.717) is 5.76 Å². The largest absolute Gasteiger partial charge is 0.455 e. The molecule has 0 saturated carbocycles. The summed E-state index contributed by atoms with van der Waals surface area (Å²) >= 11 is 0. The predicted octanol–water partition coefficient (Wildman–Crippen LogP) is 0.767. The predicted molar refractivity (Wildman–Crippen MR) is 70.8 cm³/mol. The van der Waals surface area contributed by atoms with Crippen molar-refractivity contribution in [3.05, 3.63) is 35.3 Å². The van der Waals surface area contributed by atoms with Gasteiger partial charge in [-0.1, -0.05) is 0 Å². The normalized spacial score (nSPS) is 15.1. The minimum atomic E-state index is -0.271. The van der Waals surface area contributed by atoms with E-state index < -0.39 is 0 Å². The number of nitrogens with one attached hydrogen (secondary N) is 1. The maximum atomic E-state index is 12.1. The van der Waals surface area contributed by atoms with Gasteiger partial charge in [-0.3, -0.25) is 4.79 Å². The minimum absolute atomic E-state index is 0.215. The fourth-order valence-electron chi connectivity index (χ4n) is 2.44. The monoisotopic (exact) mass is 275 g/mol. The number of aromatic nitrogens is 3. The third kappa shape index (κ3) is 2.20. The van der Waals surface area contributed by atoms with Gasteiger partial charge in [-0.2, -0.15) is 0 Å². The van der Waals surface area contributed by atoms with E-state index >= 15 is 0 Å². The summed E-state index contributed by atoms with van der Waals surface area (Å²) in [5.74, 6) is 2.36. The van der Waals surface area contributed by atoms with Crippen molar-refractivity contribution in [2.24, 2.45) is 5.73 Å². The van der Waals surface area contributed by atoms with Crippen LogP contribution in [0.4, 0.5) is 0 Å². The zero-order chi connectivity index (χ0) is 14.1. The molecule has 1 aliphatic heterocycles. The molecule has 2 aromatic rings. The first-order valence-electron chi connectivity index (χ1n) is 6.70. The van der Waals surface area contributed by atoms with Crippen LogP contribution in [0.25, 0.3) is 0 Å². The van der Waals surface area contributed by atoms with Crippen molar-refractivity contribution >= 4 is 5.91 Å². The molecule has 0 radical (unpaired) electrons. The summed E-state index contributed by atoms with van der Waals surface area (Å²) in [4.78, 5) is 12.1. The minimum Gasteiger partial charge on any atom is -0.455 e. The average Bonchev–Trinajstić information content (AvgIpc) is 3.14. The van der Waals surface area contributed by atoms with Gasteiger partial charge in [0.15, 0.2) is 11.6 Å².